The Labute approximate surface area is 153 Å². The molecule has 1 atom stereocenters. The molecule has 2 aromatic rings. The van der Waals surface area contributed by atoms with Crippen LogP contribution in [0.25, 0.3) is 0 Å². The van der Waals surface area contributed by atoms with Crippen LogP contribution in [0, 0.1) is 5.82 Å². The molecule has 6 heteroatoms. The maximum atomic E-state index is 13.1. The first-order valence-corrected chi connectivity index (χ1v) is 9.00. The van der Waals surface area contributed by atoms with Crippen LogP contribution in [0.5, 0.6) is 0 Å². The summed E-state index contributed by atoms with van der Waals surface area (Å²) in [6.07, 6.45) is 4.20. The molecule has 1 N–H and O–H groups in total. The van der Waals surface area contributed by atoms with Gasteiger partial charge in [0.2, 0.25) is 0 Å². The van der Waals surface area contributed by atoms with Gasteiger partial charge in [0.15, 0.2) is 0 Å². The van der Waals surface area contributed by atoms with Crippen LogP contribution in [0.2, 0.25) is 0 Å². The Hall–Kier alpha value is -2.63. The Morgan fingerprint density at radius 2 is 1.96 bits per heavy atom. The summed E-state index contributed by atoms with van der Waals surface area (Å²) in [7, 11) is 1.74. The summed E-state index contributed by atoms with van der Waals surface area (Å²) in [5.74, 6) is 0.696. The number of amides is 2. The predicted octanol–water partition coefficient (Wildman–Crippen LogP) is 3.72. The van der Waals surface area contributed by atoms with Crippen molar-refractivity contribution in [3.05, 3.63) is 59.5 Å². The number of pyridine rings is 1. The van der Waals surface area contributed by atoms with Gasteiger partial charge in [-0.1, -0.05) is 12.1 Å². The van der Waals surface area contributed by atoms with E-state index in [9.17, 15) is 9.18 Å². The molecular weight excluding hydrogens is 331 g/mol. The van der Waals surface area contributed by atoms with Gasteiger partial charge in [-0.25, -0.2) is 14.2 Å². The van der Waals surface area contributed by atoms with E-state index in [1.54, 1.807) is 30.3 Å². The quantitative estimate of drug-likeness (QED) is 0.888. The van der Waals surface area contributed by atoms with E-state index >= 15 is 0 Å². The molecule has 5 nitrogen and oxygen atoms in total. The Bertz CT molecular complexity index is 744. The fourth-order valence-corrected chi connectivity index (χ4v) is 3.13. The number of nitrogens with one attached hydrogen (secondary N) is 1. The smallest absolute Gasteiger partial charge is 0.317 e. The molecule has 0 bridgehead atoms. The second-order valence-corrected chi connectivity index (χ2v) is 6.71. The third-order valence-electron chi connectivity index (χ3n) is 4.94. The van der Waals surface area contributed by atoms with Crippen LogP contribution in [-0.2, 0) is 6.54 Å². The number of rotatable bonds is 5. The monoisotopic (exact) mass is 356 g/mol. The lowest BCUT2D eigenvalue weighted by Gasteiger charge is -2.25. The summed E-state index contributed by atoms with van der Waals surface area (Å²) in [5, 5.41) is 2.95. The average Bonchev–Trinajstić information content (AvgIpc) is 3.20. The average molecular weight is 356 g/mol. The van der Waals surface area contributed by atoms with Crippen LogP contribution < -0.4 is 10.2 Å². The largest absolute Gasteiger partial charge is 0.357 e. The first-order chi connectivity index (χ1) is 12.5. The standard InChI is InChI=1S/C20H25FN4O/c1-15(17-5-7-18(21)8-6-17)24(2)20(26)23-14-16-9-10-22-19(13-16)25-11-3-4-12-25/h5-10,13,15H,3-4,11-12,14H2,1-2H3,(H,23,26). The molecule has 1 aliphatic heterocycles. The molecule has 138 valence electrons. The SMILES string of the molecule is CC(c1ccc(F)cc1)N(C)C(=O)NCc1ccnc(N2CCCC2)c1. The van der Waals surface area contributed by atoms with Crippen molar-refractivity contribution in [2.75, 3.05) is 25.0 Å². The maximum Gasteiger partial charge on any atom is 0.317 e. The molecular formula is C20H25FN4O. The number of nitrogens with zero attached hydrogens (tertiary/aromatic N) is 3. The number of carbonyl (C=O) groups is 1. The fraction of sp³-hybridized carbons (Fsp3) is 0.400. The number of anilines is 1. The predicted molar refractivity (Wildman–Crippen MR) is 100 cm³/mol. The van der Waals surface area contributed by atoms with Crippen LogP contribution in [0.4, 0.5) is 15.0 Å². The molecule has 1 aromatic heterocycles. The van der Waals surface area contributed by atoms with Gasteiger partial charge in [-0.05, 0) is 55.2 Å². The zero-order valence-corrected chi connectivity index (χ0v) is 15.3. The summed E-state index contributed by atoms with van der Waals surface area (Å²) < 4.78 is 13.1. The lowest BCUT2D eigenvalue weighted by Crippen LogP contribution is -2.38. The topological polar surface area (TPSA) is 48.5 Å². The molecule has 0 saturated carbocycles. The van der Waals surface area contributed by atoms with Crippen molar-refractivity contribution in [1.29, 1.82) is 0 Å². The van der Waals surface area contributed by atoms with Gasteiger partial charge in [-0.2, -0.15) is 0 Å². The number of carbonyl (C=O) groups excluding carboxylic acids is 1. The number of benzene rings is 1. The molecule has 26 heavy (non-hydrogen) atoms. The molecule has 2 amide bonds. The van der Waals surface area contributed by atoms with Gasteiger partial charge in [-0.3, -0.25) is 0 Å². The number of urea groups is 1. The minimum absolute atomic E-state index is 0.145. The molecule has 1 fully saturated rings. The molecule has 1 aromatic carbocycles. The molecule has 1 saturated heterocycles. The number of hydrogen-bond acceptors (Lipinski definition) is 3. The lowest BCUT2D eigenvalue weighted by atomic mass is 10.1. The zero-order chi connectivity index (χ0) is 18.5. The summed E-state index contributed by atoms with van der Waals surface area (Å²) in [4.78, 5) is 20.8. The Balaban J connectivity index is 1.57. The van der Waals surface area contributed by atoms with Crippen molar-refractivity contribution in [2.24, 2.45) is 0 Å². The zero-order valence-electron chi connectivity index (χ0n) is 15.3. The molecule has 2 heterocycles. The highest BCUT2D eigenvalue weighted by Gasteiger charge is 2.18. The van der Waals surface area contributed by atoms with Gasteiger partial charge in [0, 0.05) is 32.9 Å². The van der Waals surface area contributed by atoms with Gasteiger partial charge in [-0.15, -0.1) is 0 Å². The minimum atomic E-state index is -0.278. The van der Waals surface area contributed by atoms with Crippen LogP contribution >= 0.6 is 0 Å². The highest BCUT2D eigenvalue weighted by atomic mass is 19.1. The number of halogens is 1. The van der Waals surface area contributed by atoms with Crippen LogP contribution in [0.15, 0.2) is 42.6 Å². The van der Waals surface area contributed by atoms with Gasteiger partial charge >= 0.3 is 6.03 Å². The van der Waals surface area contributed by atoms with Crippen LogP contribution in [0.3, 0.4) is 0 Å². The molecule has 1 aliphatic rings. The van der Waals surface area contributed by atoms with Gasteiger partial charge in [0.25, 0.3) is 0 Å². The molecule has 0 radical (unpaired) electrons. The molecule has 0 aliphatic carbocycles. The Morgan fingerprint density at radius 1 is 1.27 bits per heavy atom. The highest BCUT2D eigenvalue weighted by molar-refractivity contribution is 5.74. The minimum Gasteiger partial charge on any atom is -0.357 e. The van der Waals surface area contributed by atoms with E-state index in [0.29, 0.717) is 6.54 Å². The third kappa shape index (κ3) is 4.31. The van der Waals surface area contributed by atoms with Crippen molar-refractivity contribution in [2.45, 2.75) is 32.4 Å². The van der Waals surface area contributed by atoms with Crippen molar-refractivity contribution in [3.63, 3.8) is 0 Å². The second-order valence-electron chi connectivity index (χ2n) is 6.71. The lowest BCUT2D eigenvalue weighted by molar-refractivity contribution is 0.194. The van der Waals surface area contributed by atoms with E-state index in [-0.39, 0.29) is 17.9 Å². The summed E-state index contributed by atoms with van der Waals surface area (Å²) in [6, 6.07) is 9.87. The third-order valence-corrected chi connectivity index (χ3v) is 4.94. The maximum absolute atomic E-state index is 13.1. The summed E-state index contributed by atoms with van der Waals surface area (Å²) in [5.41, 5.74) is 1.92. The van der Waals surface area contributed by atoms with Crippen LogP contribution in [-0.4, -0.2) is 36.1 Å². The summed E-state index contributed by atoms with van der Waals surface area (Å²) in [6.45, 7) is 4.45. The van der Waals surface area contributed by atoms with Crippen LogP contribution in [0.1, 0.15) is 36.9 Å². The van der Waals surface area contributed by atoms with E-state index < -0.39 is 0 Å². The van der Waals surface area contributed by atoms with E-state index in [4.69, 9.17) is 0 Å². The number of aromatic nitrogens is 1. The molecule has 0 spiro atoms. The molecule has 1 unspecified atom stereocenters. The first kappa shape index (κ1) is 18.2. The van der Waals surface area contributed by atoms with Gasteiger partial charge in [0.05, 0.1) is 6.04 Å². The second kappa shape index (κ2) is 8.17. The van der Waals surface area contributed by atoms with Gasteiger partial charge < -0.3 is 15.1 Å². The first-order valence-electron chi connectivity index (χ1n) is 9.00. The highest BCUT2D eigenvalue weighted by Crippen LogP contribution is 2.20. The Kier molecular flexibility index (Phi) is 5.71. The van der Waals surface area contributed by atoms with E-state index in [2.05, 4.69) is 15.2 Å². The fourth-order valence-electron chi connectivity index (χ4n) is 3.13. The number of hydrogen-bond donors (Lipinski definition) is 1. The van der Waals surface area contributed by atoms with Gasteiger partial charge in [0.1, 0.15) is 11.6 Å². The summed E-state index contributed by atoms with van der Waals surface area (Å²) >= 11 is 0. The van der Waals surface area contributed by atoms with Crippen molar-refractivity contribution >= 4 is 11.8 Å². The Morgan fingerprint density at radius 3 is 2.65 bits per heavy atom. The van der Waals surface area contributed by atoms with Crippen molar-refractivity contribution in [3.8, 4) is 0 Å². The normalized spacial score (nSPS) is 15.0. The van der Waals surface area contributed by atoms with E-state index in [1.807, 2.05) is 19.1 Å². The van der Waals surface area contributed by atoms with E-state index in [1.165, 1.54) is 25.0 Å². The van der Waals surface area contributed by atoms with Crippen molar-refractivity contribution < 1.29 is 9.18 Å². The van der Waals surface area contributed by atoms with Crippen molar-refractivity contribution in [1.82, 2.24) is 15.2 Å². The van der Waals surface area contributed by atoms with E-state index in [0.717, 1.165) is 30.0 Å². The molecule has 3 rings (SSSR count).